The Balaban J connectivity index is 2.65. The zero-order chi connectivity index (χ0) is 9.42. The molecule has 0 fully saturated rings. The Kier molecular flexibility index (Phi) is 2.49. The van der Waals surface area contributed by atoms with Crippen LogP contribution in [0, 0.1) is 0 Å². The second-order valence-corrected chi connectivity index (χ2v) is 4.14. The first kappa shape index (κ1) is 9.31. The molecule has 2 rings (SSSR count). The molecule has 2 nitrogen and oxygen atoms in total. The summed E-state index contributed by atoms with van der Waals surface area (Å²) in [5.41, 5.74) is 1.92. The predicted molar refractivity (Wildman–Crippen MR) is 54.3 cm³/mol. The van der Waals surface area contributed by atoms with Gasteiger partial charge in [-0.1, -0.05) is 27.5 Å². The summed E-state index contributed by atoms with van der Waals surface area (Å²) >= 11 is 9.33. The third kappa shape index (κ3) is 1.45. The smallest absolute Gasteiger partial charge is 0.141 e. The Labute approximate surface area is 89.6 Å². The van der Waals surface area contributed by atoms with E-state index in [4.69, 9.17) is 21.4 Å². The number of aliphatic hydroxyl groups is 1. The molecule has 0 spiro atoms. The van der Waals surface area contributed by atoms with E-state index in [1.807, 2.05) is 0 Å². The van der Waals surface area contributed by atoms with Gasteiger partial charge < -0.3 is 9.84 Å². The van der Waals surface area contributed by atoms with Gasteiger partial charge in [-0.15, -0.1) is 0 Å². The van der Waals surface area contributed by atoms with Crippen molar-refractivity contribution in [1.82, 2.24) is 0 Å². The maximum atomic E-state index is 9.14. The van der Waals surface area contributed by atoms with E-state index in [-0.39, 0.29) is 6.61 Å². The SMILES string of the molecule is OCc1c(Br)cc(Cl)c2c1CCO2. The van der Waals surface area contributed by atoms with E-state index in [2.05, 4.69) is 15.9 Å². The summed E-state index contributed by atoms with van der Waals surface area (Å²) in [6.07, 6.45) is 0.824. The maximum absolute atomic E-state index is 9.14. The van der Waals surface area contributed by atoms with Gasteiger partial charge in [0, 0.05) is 16.5 Å². The minimum atomic E-state index is 0.0173. The van der Waals surface area contributed by atoms with E-state index >= 15 is 0 Å². The van der Waals surface area contributed by atoms with E-state index < -0.39 is 0 Å². The van der Waals surface area contributed by atoms with Crippen LogP contribution in [0.1, 0.15) is 11.1 Å². The topological polar surface area (TPSA) is 29.5 Å². The Hall–Kier alpha value is -0.250. The van der Waals surface area contributed by atoms with Crippen LogP contribution in [0.25, 0.3) is 0 Å². The number of fused-ring (bicyclic) bond motifs is 1. The number of benzene rings is 1. The number of aliphatic hydroxyl groups excluding tert-OH is 1. The lowest BCUT2D eigenvalue weighted by atomic mass is 10.1. The molecule has 0 aliphatic carbocycles. The van der Waals surface area contributed by atoms with Crippen LogP contribution < -0.4 is 4.74 Å². The molecule has 13 heavy (non-hydrogen) atoms. The zero-order valence-electron chi connectivity index (χ0n) is 6.81. The molecular formula is C9H8BrClO2. The van der Waals surface area contributed by atoms with Crippen molar-refractivity contribution in [1.29, 1.82) is 0 Å². The van der Waals surface area contributed by atoms with Gasteiger partial charge in [-0.05, 0) is 11.6 Å². The van der Waals surface area contributed by atoms with Crippen LogP contribution in [0.5, 0.6) is 5.75 Å². The third-order valence-corrected chi connectivity index (χ3v) is 3.14. The van der Waals surface area contributed by atoms with Gasteiger partial charge in [0.05, 0.1) is 18.2 Å². The highest BCUT2D eigenvalue weighted by Gasteiger charge is 2.21. The highest BCUT2D eigenvalue weighted by molar-refractivity contribution is 9.10. The van der Waals surface area contributed by atoms with Crippen molar-refractivity contribution < 1.29 is 9.84 Å². The van der Waals surface area contributed by atoms with Gasteiger partial charge in [-0.25, -0.2) is 0 Å². The lowest BCUT2D eigenvalue weighted by Crippen LogP contribution is -1.92. The third-order valence-electron chi connectivity index (χ3n) is 2.15. The van der Waals surface area contributed by atoms with Crippen LogP contribution in [0.4, 0.5) is 0 Å². The molecule has 0 bridgehead atoms. The molecule has 70 valence electrons. The summed E-state index contributed by atoms with van der Waals surface area (Å²) in [5.74, 6) is 0.730. The van der Waals surface area contributed by atoms with Crippen molar-refractivity contribution in [2.24, 2.45) is 0 Å². The van der Waals surface area contributed by atoms with Crippen LogP contribution in [0.3, 0.4) is 0 Å². The fraction of sp³-hybridized carbons (Fsp3) is 0.333. The predicted octanol–water partition coefficient (Wildman–Crippen LogP) is 2.53. The van der Waals surface area contributed by atoms with Crippen LogP contribution in [-0.4, -0.2) is 11.7 Å². The van der Waals surface area contributed by atoms with Gasteiger partial charge in [-0.2, -0.15) is 0 Å². The summed E-state index contributed by atoms with van der Waals surface area (Å²) in [6, 6.07) is 1.76. The minimum absolute atomic E-state index is 0.0173. The molecule has 1 heterocycles. The second kappa shape index (κ2) is 3.48. The van der Waals surface area contributed by atoms with E-state index in [0.717, 1.165) is 27.8 Å². The molecule has 0 unspecified atom stereocenters. The standard InChI is InChI=1S/C9H8BrClO2/c10-7-3-8(11)9-5(1-2-13-9)6(7)4-12/h3,12H,1-2,4H2. The summed E-state index contributed by atoms with van der Waals surface area (Å²) in [6.45, 7) is 0.669. The Morgan fingerprint density at radius 3 is 3.08 bits per heavy atom. The molecule has 0 radical (unpaired) electrons. The van der Waals surface area contributed by atoms with E-state index in [9.17, 15) is 0 Å². The Morgan fingerprint density at radius 1 is 1.62 bits per heavy atom. The van der Waals surface area contributed by atoms with Gasteiger partial charge in [-0.3, -0.25) is 0 Å². The number of rotatable bonds is 1. The highest BCUT2D eigenvalue weighted by atomic mass is 79.9. The average Bonchev–Trinajstić information content (AvgIpc) is 2.53. The number of hydrogen-bond donors (Lipinski definition) is 1. The Morgan fingerprint density at radius 2 is 2.38 bits per heavy atom. The first-order chi connectivity index (χ1) is 6.24. The van der Waals surface area contributed by atoms with Gasteiger partial charge in [0.15, 0.2) is 0 Å². The highest BCUT2D eigenvalue weighted by Crippen LogP contribution is 2.39. The van der Waals surface area contributed by atoms with Gasteiger partial charge in [0.2, 0.25) is 0 Å². The fourth-order valence-electron chi connectivity index (χ4n) is 1.54. The van der Waals surface area contributed by atoms with Crippen molar-refractivity contribution in [2.75, 3.05) is 6.61 Å². The van der Waals surface area contributed by atoms with Gasteiger partial charge in [0.1, 0.15) is 5.75 Å². The lowest BCUT2D eigenvalue weighted by Gasteiger charge is -2.08. The van der Waals surface area contributed by atoms with Crippen molar-refractivity contribution in [3.63, 3.8) is 0 Å². The largest absolute Gasteiger partial charge is 0.491 e. The summed E-state index contributed by atoms with van der Waals surface area (Å²) in [7, 11) is 0. The first-order valence-electron chi connectivity index (χ1n) is 3.97. The molecule has 1 N–H and O–H groups in total. The average molecular weight is 264 g/mol. The molecule has 0 atom stereocenters. The molecule has 0 saturated carbocycles. The van der Waals surface area contributed by atoms with Crippen molar-refractivity contribution in [3.05, 3.63) is 26.7 Å². The Bertz CT molecular complexity index is 352. The van der Waals surface area contributed by atoms with Crippen LogP contribution in [0.15, 0.2) is 10.5 Å². The van der Waals surface area contributed by atoms with E-state index in [1.165, 1.54) is 0 Å². The second-order valence-electron chi connectivity index (χ2n) is 2.88. The monoisotopic (exact) mass is 262 g/mol. The number of ether oxygens (including phenoxy) is 1. The van der Waals surface area contributed by atoms with E-state index in [1.54, 1.807) is 6.07 Å². The van der Waals surface area contributed by atoms with Gasteiger partial charge >= 0.3 is 0 Å². The van der Waals surface area contributed by atoms with Crippen LogP contribution in [0.2, 0.25) is 5.02 Å². The first-order valence-corrected chi connectivity index (χ1v) is 5.14. The molecule has 1 aromatic carbocycles. The van der Waals surface area contributed by atoms with Crippen LogP contribution >= 0.6 is 27.5 Å². The number of halogens is 2. The summed E-state index contributed by atoms with van der Waals surface area (Å²) in [5, 5.41) is 9.75. The molecule has 1 aliphatic rings. The molecule has 1 aliphatic heterocycles. The molecule has 0 saturated heterocycles. The fourth-order valence-corrected chi connectivity index (χ4v) is 2.54. The van der Waals surface area contributed by atoms with Crippen LogP contribution in [-0.2, 0) is 13.0 Å². The molecule has 0 amide bonds. The van der Waals surface area contributed by atoms with Crippen molar-refractivity contribution in [2.45, 2.75) is 13.0 Å². The number of hydrogen-bond acceptors (Lipinski definition) is 2. The quantitative estimate of drug-likeness (QED) is 0.844. The summed E-state index contributed by atoms with van der Waals surface area (Å²) < 4.78 is 6.21. The molecule has 4 heteroatoms. The lowest BCUT2D eigenvalue weighted by molar-refractivity contribution is 0.280. The molecular weight excluding hydrogens is 255 g/mol. The van der Waals surface area contributed by atoms with Gasteiger partial charge in [0.25, 0.3) is 0 Å². The molecule has 1 aromatic rings. The zero-order valence-corrected chi connectivity index (χ0v) is 9.15. The normalized spacial score (nSPS) is 14.1. The van der Waals surface area contributed by atoms with Crippen molar-refractivity contribution in [3.8, 4) is 5.75 Å². The molecule has 0 aromatic heterocycles. The van der Waals surface area contributed by atoms with E-state index in [0.29, 0.717) is 11.6 Å². The van der Waals surface area contributed by atoms with Crippen molar-refractivity contribution >= 4 is 27.5 Å². The minimum Gasteiger partial charge on any atom is -0.491 e. The summed E-state index contributed by atoms with van der Waals surface area (Å²) in [4.78, 5) is 0. The maximum Gasteiger partial charge on any atom is 0.141 e.